The van der Waals surface area contributed by atoms with E-state index >= 15 is 0 Å². The van der Waals surface area contributed by atoms with Crippen molar-refractivity contribution in [2.75, 3.05) is 19.6 Å². The number of nitrogens with one attached hydrogen (secondary N) is 2. The third-order valence-electron chi connectivity index (χ3n) is 2.61. The fourth-order valence-electron chi connectivity index (χ4n) is 1.41. The minimum atomic E-state index is -0.951. The highest BCUT2D eigenvalue weighted by molar-refractivity contribution is 5.84. The SMILES string of the molecule is CCN(CCC(=O)O)C(=O)NCC(=O)NC1CC1. The summed E-state index contributed by atoms with van der Waals surface area (Å²) in [6, 6.07) is -0.145. The van der Waals surface area contributed by atoms with Gasteiger partial charge >= 0.3 is 12.0 Å². The first kappa shape index (κ1) is 14.3. The Bertz CT molecular complexity index is 328. The molecule has 3 N–H and O–H groups in total. The van der Waals surface area contributed by atoms with Crippen LogP contribution in [0.25, 0.3) is 0 Å². The van der Waals surface area contributed by atoms with E-state index in [1.165, 1.54) is 4.90 Å². The van der Waals surface area contributed by atoms with Crippen molar-refractivity contribution >= 4 is 17.9 Å². The van der Waals surface area contributed by atoms with Crippen LogP contribution >= 0.6 is 0 Å². The van der Waals surface area contributed by atoms with Gasteiger partial charge < -0.3 is 20.6 Å². The molecule has 0 atom stereocenters. The van der Waals surface area contributed by atoms with Crippen LogP contribution in [0.4, 0.5) is 4.79 Å². The average Bonchev–Trinajstić information content (AvgIpc) is 3.10. The average molecular weight is 257 g/mol. The fourth-order valence-corrected chi connectivity index (χ4v) is 1.41. The topological polar surface area (TPSA) is 98.7 Å². The Balaban J connectivity index is 2.22. The number of carboxylic acid groups (broad SMARTS) is 1. The molecule has 1 aliphatic carbocycles. The molecule has 1 saturated carbocycles. The Morgan fingerprint density at radius 2 is 2.00 bits per heavy atom. The first-order chi connectivity index (χ1) is 8.52. The van der Waals surface area contributed by atoms with E-state index < -0.39 is 12.0 Å². The highest BCUT2D eigenvalue weighted by atomic mass is 16.4. The molecule has 0 heterocycles. The number of urea groups is 1. The van der Waals surface area contributed by atoms with Crippen LogP contribution in [0, 0.1) is 0 Å². The highest BCUT2D eigenvalue weighted by Crippen LogP contribution is 2.18. The second kappa shape index (κ2) is 6.83. The molecule has 0 spiro atoms. The summed E-state index contributed by atoms with van der Waals surface area (Å²) in [6.07, 6.45) is 1.90. The van der Waals surface area contributed by atoms with Crippen LogP contribution in [0.15, 0.2) is 0 Å². The number of hydrogen-bond donors (Lipinski definition) is 3. The number of rotatable bonds is 7. The van der Waals surface area contributed by atoms with Crippen LogP contribution in [-0.4, -0.2) is 53.6 Å². The lowest BCUT2D eigenvalue weighted by molar-refractivity contribution is -0.137. The van der Waals surface area contributed by atoms with E-state index in [1.807, 2.05) is 0 Å². The van der Waals surface area contributed by atoms with Gasteiger partial charge in [-0.3, -0.25) is 9.59 Å². The van der Waals surface area contributed by atoms with E-state index in [0.717, 1.165) is 12.8 Å². The van der Waals surface area contributed by atoms with E-state index in [0.29, 0.717) is 6.54 Å². The molecular formula is C11H19N3O4. The molecule has 0 saturated heterocycles. The van der Waals surface area contributed by atoms with Crippen LogP contribution in [0.2, 0.25) is 0 Å². The molecule has 18 heavy (non-hydrogen) atoms. The number of carbonyl (C=O) groups is 3. The maximum atomic E-state index is 11.6. The van der Waals surface area contributed by atoms with Gasteiger partial charge in [-0.05, 0) is 19.8 Å². The lowest BCUT2D eigenvalue weighted by Crippen LogP contribution is -2.45. The van der Waals surface area contributed by atoms with E-state index in [-0.39, 0.29) is 31.5 Å². The summed E-state index contributed by atoms with van der Waals surface area (Å²) in [7, 11) is 0. The van der Waals surface area contributed by atoms with Gasteiger partial charge in [-0.25, -0.2) is 4.79 Å². The normalized spacial score (nSPS) is 13.8. The van der Waals surface area contributed by atoms with Crippen molar-refractivity contribution in [2.24, 2.45) is 0 Å². The molecule has 0 unspecified atom stereocenters. The van der Waals surface area contributed by atoms with Crippen molar-refractivity contribution in [1.29, 1.82) is 0 Å². The zero-order valence-electron chi connectivity index (χ0n) is 10.4. The number of carboxylic acids is 1. The molecule has 0 bridgehead atoms. The number of carbonyl (C=O) groups excluding carboxylic acids is 2. The number of amides is 3. The third-order valence-corrected chi connectivity index (χ3v) is 2.61. The Kier molecular flexibility index (Phi) is 5.41. The number of hydrogen-bond acceptors (Lipinski definition) is 3. The number of aliphatic carboxylic acids is 1. The van der Waals surface area contributed by atoms with Gasteiger partial charge in [-0.15, -0.1) is 0 Å². The molecule has 1 aliphatic rings. The monoisotopic (exact) mass is 257 g/mol. The van der Waals surface area contributed by atoms with Gasteiger partial charge in [0.15, 0.2) is 0 Å². The second-order valence-corrected chi connectivity index (χ2v) is 4.22. The highest BCUT2D eigenvalue weighted by Gasteiger charge is 2.23. The summed E-state index contributed by atoms with van der Waals surface area (Å²) in [5.74, 6) is -1.16. The molecule has 102 valence electrons. The van der Waals surface area contributed by atoms with Crippen molar-refractivity contribution in [3.05, 3.63) is 0 Å². The van der Waals surface area contributed by atoms with E-state index in [4.69, 9.17) is 5.11 Å². The Labute approximate surface area is 106 Å². The summed E-state index contributed by atoms with van der Waals surface area (Å²) < 4.78 is 0. The minimum Gasteiger partial charge on any atom is -0.481 e. The molecular weight excluding hydrogens is 238 g/mol. The molecule has 3 amide bonds. The Hall–Kier alpha value is -1.79. The standard InChI is InChI=1S/C11H19N3O4/c1-2-14(6-5-10(16)17)11(18)12-7-9(15)13-8-3-4-8/h8H,2-7H2,1H3,(H,12,18)(H,13,15)(H,16,17). The summed E-state index contributed by atoms with van der Waals surface area (Å²) in [4.78, 5) is 34.7. The zero-order chi connectivity index (χ0) is 13.5. The fraction of sp³-hybridized carbons (Fsp3) is 0.727. The minimum absolute atomic E-state index is 0.0705. The summed E-state index contributed by atoms with van der Waals surface area (Å²) in [5.41, 5.74) is 0. The first-order valence-electron chi connectivity index (χ1n) is 6.06. The van der Waals surface area contributed by atoms with Crippen molar-refractivity contribution < 1.29 is 19.5 Å². The van der Waals surface area contributed by atoms with Gasteiger partial charge in [-0.1, -0.05) is 0 Å². The van der Waals surface area contributed by atoms with Gasteiger partial charge in [0.2, 0.25) is 5.91 Å². The lowest BCUT2D eigenvalue weighted by atomic mass is 10.4. The van der Waals surface area contributed by atoms with Crippen LogP contribution in [0.1, 0.15) is 26.2 Å². The quantitative estimate of drug-likeness (QED) is 0.586. The molecule has 1 rings (SSSR count). The molecule has 1 fully saturated rings. The van der Waals surface area contributed by atoms with Gasteiger partial charge in [0.25, 0.3) is 0 Å². The molecule has 0 aromatic carbocycles. The van der Waals surface area contributed by atoms with Crippen molar-refractivity contribution in [3.8, 4) is 0 Å². The Morgan fingerprint density at radius 3 is 2.50 bits per heavy atom. The van der Waals surface area contributed by atoms with Crippen molar-refractivity contribution in [3.63, 3.8) is 0 Å². The van der Waals surface area contributed by atoms with Gasteiger partial charge in [0.05, 0.1) is 13.0 Å². The molecule has 0 radical (unpaired) electrons. The van der Waals surface area contributed by atoms with Crippen LogP contribution < -0.4 is 10.6 Å². The van der Waals surface area contributed by atoms with E-state index in [9.17, 15) is 14.4 Å². The molecule has 0 aromatic heterocycles. The van der Waals surface area contributed by atoms with Crippen molar-refractivity contribution in [1.82, 2.24) is 15.5 Å². The Morgan fingerprint density at radius 1 is 1.33 bits per heavy atom. The largest absolute Gasteiger partial charge is 0.481 e. The first-order valence-corrected chi connectivity index (χ1v) is 6.06. The molecule has 0 aromatic rings. The van der Waals surface area contributed by atoms with Crippen molar-refractivity contribution in [2.45, 2.75) is 32.2 Å². The maximum Gasteiger partial charge on any atom is 0.317 e. The number of nitrogens with zero attached hydrogens (tertiary/aromatic N) is 1. The molecule has 0 aliphatic heterocycles. The summed E-state index contributed by atoms with van der Waals surface area (Å²) in [5, 5.41) is 13.8. The second-order valence-electron chi connectivity index (χ2n) is 4.22. The van der Waals surface area contributed by atoms with Gasteiger partial charge in [0.1, 0.15) is 0 Å². The van der Waals surface area contributed by atoms with Crippen LogP contribution in [0.3, 0.4) is 0 Å². The van der Waals surface area contributed by atoms with Gasteiger partial charge in [-0.2, -0.15) is 0 Å². The predicted octanol–water partition coefficient (Wildman–Crippen LogP) is -0.229. The van der Waals surface area contributed by atoms with E-state index in [2.05, 4.69) is 10.6 Å². The summed E-state index contributed by atoms with van der Waals surface area (Å²) in [6.45, 7) is 2.23. The van der Waals surface area contributed by atoms with Crippen LogP contribution in [-0.2, 0) is 9.59 Å². The maximum absolute atomic E-state index is 11.6. The third kappa shape index (κ3) is 5.51. The molecule has 7 heteroatoms. The molecule has 7 nitrogen and oxygen atoms in total. The zero-order valence-corrected chi connectivity index (χ0v) is 10.4. The smallest absolute Gasteiger partial charge is 0.317 e. The lowest BCUT2D eigenvalue weighted by Gasteiger charge is -2.20. The summed E-state index contributed by atoms with van der Waals surface area (Å²) >= 11 is 0. The predicted molar refractivity (Wildman–Crippen MR) is 64.1 cm³/mol. The van der Waals surface area contributed by atoms with Crippen LogP contribution in [0.5, 0.6) is 0 Å². The van der Waals surface area contributed by atoms with Gasteiger partial charge in [0, 0.05) is 19.1 Å². The van der Waals surface area contributed by atoms with E-state index in [1.54, 1.807) is 6.92 Å².